The molecule has 0 bridgehead atoms. The number of ether oxygens (including phenoxy) is 3. The van der Waals surface area contributed by atoms with Crippen LogP contribution in [0.15, 0.2) is 55.0 Å². The number of nitrogens with one attached hydrogen (secondary N) is 1. The topological polar surface area (TPSA) is 82.8 Å². The molecular weight excluding hydrogens is 346 g/mol. The van der Waals surface area contributed by atoms with Crippen LogP contribution in [0.25, 0.3) is 16.8 Å². The summed E-state index contributed by atoms with van der Waals surface area (Å²) in [6.07, 6.45) is 5.34. The second kappa shape index (κ2) is 6.17. The van der Waals surface area contributed by atoms with Crippen molar-refractivity contribution in [1.82, 2.24) is 19.6 Å². The molecule has 1 aliphatic heterocycles. The van der Waals surface area contributed by atoms with Gasteiger partial charge in [-0.15, -0.1) is 0 Å². The number of fused-ring (bicyclic) bond motifs is 2. The van der Waals surface area contributed by atoms with Crippen molar-refractivity contribution in [3.63, 3.8) is 0 Å². The van der Waals surface area contributed by atoms with Crippen molar-refractivity contribution in [2.24, 2.45) is 0 Å². The lowest BCUT2D eigenvalue weighted by atomic mass is 10.1. The lowest BCUT2D eigenvalue weighted by Gasteiger charge is -2.07. The maximum atomic E-state index is 5.47. The fraction of sp³-hybridized carbons (Fsp3) is 0.105. The third-order valence-corrected chi connectivity index (χ3v) is 4.27. The van der Waals surface area contributed by atoms with E-state index in [1.165, 1.54) is 0 Å². The molecule has 1 aliphatic rings. The first-order chi connectivity index (χ1) is 13.3. The lowest BCUT2D eigenvalue weighted by Crippen LogP contribution is -1.98. The molecule has 0 aliphatic carbocycles. The van der Waals surface area contributed by atoms with Crippen LogP contribution < -0.4 is 19.5 Å². The normalized spacial score (nSPS) is 12.3. The molecule has 1 N–H and O–H groups in total. The summed E-state index contributed by atoms with van der Waals surface area (Å²) in [6.45, 7) is 0.246. The van der Waals surface area contributed by atoms with Gasteiger partial charge in [-0.25, -0.2) is 14.5 Å². The summed E-state index contributed by atoms with van der Waals surface area (Å²) in [5.74, 6) is 2.73. The maximum Gasteiger partial charge on any atom is 0.231 e. The van der Waals surface area contributed by atoms with Crippen molar-refractivity contribution >= 4 is 17.2 Å². The Kier molecular flexibility index (Phi) is 3.53. The van der Waals surface area contributed by atoms with Crippen LogP contribution in [0, 0.1) is 0 Å². The van der Waals surface area contributed by atoms with Crippen LogP contribution in [-0.2, 0) is 0 Å². The molecule has 8 heteroatoms. The van der Waals surface area contributed by atoms with Crippen LogP contribution in [0.5, 0.6) is 17.4 Å². The molecular formula is C19H15N5O3. The molecule has 0 atom stereocenters. The van der Waals surface area contributed by atoms with E-state index in [-0.39, 0.29) is 6.79 Å². The van der Waals surface area contributed by atoms with E-state index in [9.17, 15) is 0 Å². The highest BCUT2D eigenvalue weighted by Crippen LogP contribution is 2.36. The van der Waals surface area contributed by atoms with Crippen LogP contribution in [0.2, 0.25) is 0 Å². The van der Waals surface area contributed by atoms with Crippen molar-refractivity contribution in [2.45, 2.75) is 0 Å². The molecule has 0 fully saturated rings. The number of rotatable bonds is 4. The second-order valence-corrected chi connectivity index (χ2v) is 5.92. The zero-order valence-corrected chi connectivity index (χ0v) is 14.4. The van der Waals surface area contributed by atoms with Crippen molar-refractivity contribution < 1.29 is 14.2 Å². The van der Waals surface area contributed by atoms with Crippen molar-refractivity contribution in [2.75, 3.05) is 19.2 Å². The van der Waals surface area contributed by atoms with Gasteiger partial charge in [0.1, 0.15) is 5.82 Å². The summed E-state index contributed by atoms with van der Waals surface area (Å²) in [7, 11) is 1.59. The van der Waals surface area contributed by atoms with Gasteiger partial charge in [0.2, 0.25) is 12.7 Å². The predicted molar refractivity (Wildman–Crippen MR) is 98.6 cm³/mol. The van der Waals surface area contributed by atoms with Gasteiger partial charge >= 0.3 is 0 Å². The lowest BCUT2D eigenvalue weighted by molar-refractivity contribution is 0.174. The Morgan fingerprint density at radius 1 is 1.07 bits per heavy atom. The van der Waals surface area contributed by atoms with Crippen molar-refractivity contribution in [3.8, 4) is 28.5 Å². The highest BCUT2D eigenvalue weighted by Gasteiger charge is 2.16. The van der Waals surface area contributed by atoms with Crippen LogP contribution in [0.3, 0.4) is 0 Å². The fourth-order valence-corrected chi connectivity index (χ4v) is 2.93. The third kappa shape index (κ3) is 2.77. The van der Waals surface area contributed by atoms with Gasteiger partial charge in [0.05, 0.1) is 25.2 Å². The minimum absolute atomic E-state index is 0.246. The van der Waals surface area contributed by atoms with E-state index < -0.39 is 0 Å². The Bertz CT molecular complexity index is 1120. The first kappa shape index (κ1) is 15.4. The Morgan fingerprint density at radius 3 is 2.85 bits per heavy atom. The van der Waals surface area contributed by atoms with Crippen LogP contribution >= 0.6 is 0 Å². The largest absolute Gasteiger partial charge is 0.481 e. The molecule has 4 heterocycles. The van der Waals surface area contributed by atoms with Gasteiger partial charge in [0.15, 0.2) is 17.1 Å². The SMILES string of the molecule is COc1ccc(Nc2ccn3ncc(-c4ccc5c(c4)OCO5)c3n2)cn1. The van der Waals surface area contributed by atoms with Crippen molar-refractivity contribution in [1.29, 1.82) is 0 Å². The number of hydrogen-bond donors (Lipinski definition) is 1. The van der Waals surface area contributed by atoms with Gasteiger partial charge in [0, 0.05) is 17.8 Å². The fourth-order valence-electron chi connectivity index (χ4n) is 2.93. The highest BCUT2D eigenvalue weighted by molar-refractivity contribution is 5.79. The standard InChI is InChI=1S/C19H15N5O3/c1-25-18-5-3-13(9-20-18)22-17-6-7-24-19(23-17)14(10-21-24)12-2-4-15-16(8-12)27-11-26-15/h2-10H,11H2,1H3,(H,22,23). The summed E-state index contributed by atoms with van der Waals surface area (Å²) >= 11 is 0. The molecule has 1 aromatic carbocycles. The molecule has 0 spiro atoms. The molecule has 134 valence electrons. The molecule has 5 rings (SSSR count). The number of hydrogen-bond acceptors (Lipinski definition) is 7. The number of pyridine rings is 1. The molecule has 0 radical (unpaired) electrons. The number of methoxy groups -OCH3 is 1. The average Bonchev–Trinajstić information content (AvgIpc) is 3.34. The van der Waals surface area contributed by atoms with E-state index in [2.05, 4.69) is 15.4 Å². The first-order valence-corrected chi connectivity index (χ1v) is 8.32. The van der Waals surface area contributed by atoms with Gasteiger partial charge in [-0.3, -0.25) is 0 Å². The summed E-state index contributed by atoms with van der Waals surface area (Å²) in [4.78, 5) is 8.89. The van der Waals surface area contributed by atoms with E-state index in [1.54, 1.807) is 30.1 Å². The number of nitrogens with zero attached hydrogens (tertiary/aromatic N) is 4. The predicted octanol–water partition coefficient (Wildman–Crippen LogP) is 3.27. The maximum absolute atomic E-state index is 5.47. The van der Waals surface area contributed by atoms with Gasteiger partial charge in [-0.2, -0.15) is 5.10 Å². The van der Waals surface area contributed by atoms with Gasteiger partial charge in [0.25, 0.3) is 0 Å². The van der Waals surface area contributed by atoms with Gasteiger partial charge in [-0.05, 0) is 29.8 Å². The Hall–Kier alpha value is -3.81. The minimum Gasteiger partial charge on any atom is -0.481 e. The smallest absolute Gasteiger partial charge is 0.231 e. The average molecular weight is 361 g/mol. The Balaban J connectivity index is 1.50. The number of benzene rings is 1. The summed E-state index contributed by atoms with van der Waals surface area (Å²) in [6, 6.07) is 11.3. The third-order valence-electron chi connectivity index (χ3n) is 4.27. The van der Waals surface area contributed by atoms with Crippen LogP contribution in [0.4, 0.5) is 11.5 Å². The molecule has 0 saturated carbocycles. The summed E-state index contributed by atoms with van der Waals surface area (Å²) in [5.41, 5.74) is 3.42. The minimum atomic E-state index is 0.246. The number of anilines is 2. The zero-order valence-electron chi connectivity index (χ0n) is 14.4. The zero-order chi connectivity index (χ0) is 18.2. The Morgan fingerprint density at radius 2 is 2.00 bits per heavy atom. The van der Waals surface area contributed by atoms with E-state index in [4.69, 9.17) is 19.2 Å². The molecule has 3 aromatic heterocycles. The van der Waals surface area contributed by atoms with E-state index in [0.717, 1.165) is 34.0 Å². The highest BCUT2D eigenvalue weighted by atomic mass is 16.7. The second-order valence-electron chi connectivity index (χ2n) is 5.92. The van der Waals surface area contributed by atoms with E-state index >= 15 is 0 Å². The first-order valence-electron chi connectivity index (χ1n) is 8.32. The van der Waals surface area contributed by atoms with E-state index in [1.807, 2.05) is 36.5 Å². The van der Waals surface area contributed by atoms with Crippen LogP contribution in [0.1, 0.15) is 0 Å². The van der Waals surface area contributed by atoms with E-state index in [0.29, 0.717) is 11.7 Å². The van der Waals surface area contributed by atoms with Crippen LogP contribution in [-0.4, -0.2) is 33.5 Å². The number of aromatic nitrogens is 4. The molecule has 8 nitrogen and oxygen atoms in total. The molecule has 0 amide bonds. The summed E-state index contributed by atoms with van der Waals surface area (Å²) < 4.78 is 17.7. The molecule has 0 saturated heterocycles. The van der Waals surface area contributed by atoms with Gasteiger partial charge in [-0.1, -0.05) is 6.07 Å². The Labute approximate surface area is 154 Å². The summed E-state index contributed by atoms with van der Waals surface area (Å²) in [5, 5.41) is 7.63. The monoisotopic (exact) mass is 361 g/mol. The van der Waals surface area contributed by atoms with Gasteiger partial charge < -0.3 is 19.5 Å². The molecule has 27 heavy (non-hydrogen) atoms. The molecule has 4 aromatic rings. The quantitative estimate of drug-likeness (QED) is 0.597. The van der Waals surface area contributed by atoms with Crippen molar-refractivity contribution in [3.05, 3.63) is 55.0 Å². The molecule has 0 unspecified atom stereocenters.